The third-order valence-electron chi connectivity index (χ3n) is 4.06. The van der Waals surface area contributed by atoms with Crippen molar-refractivity contribution in [2.24, 2.45) is 0 Å². The van der Waals surface area contributed by atoms with Crippen LogP contribution in [0.2, 0.25) is 0 Å². The van der Waals surface area contributed by atoms with E-state index in [1.54, 1.807) is 38.1 Å². The minimum atomic E-state index is -0.903. The highest BCUT2D eigenvalue weighted by atomic mass is 16.5. The zero-order chi connectivity index (χ0) is 17.3. The number of hydrogen-bond donors (Lipinski definition) is 2. The molecule has 1 aromatic rings. The molecule has 2 N–H and O–H groups in total. The van der Waals surface area contributed by atoms with Crippen molar-refractivity contribution < 1.29 is 14.6 Å². The summed E-state index contributed by atoms with van der Waals surface area (Å²) in [6.07, 6.45) is 7.32. The van der Waals surface area contributed by atoms with Crippen LogP contribution in [0.5, 0.6) is 5.75 Å². The summed E-state index contributed by atoms with van der Waals surface area (Å²) in [5.74, 6) is 0.113. The van der Waals surface area contributed by atoms with E-state index in [0.29, 0.717) is 22.4 Å². The molecule has 5 nitrogen and oxygen atoms in total. The van der Waals surface area contributed by atoms with Crippen molar-refractivity contribution in [3.63, 3.8) is 0 Å². The van der Waals surface area contributed by atoms with E-state index in [-0.39, 0.29) is 17.4 Å². The zero-order valence-electron chi connectivity index (χ0n) is 13.6. The number of rotatable bonds is 2. The lowest BCUT2D eigenvalue weighted by Gasteiger charge is -2.35. The quantitative estimate of drug-likeness (QED) is 0.875. The summed E-state index contributed by atoms with van der Waals surface area (Å²) in [5.41, 5.74) is 0.757. The van der Waals surface area contributed by atoms with E-state index >= 15 is 0 Å². The van der Waals surface area contributed by atoms with Crippen LogP contribution >= 0.6 is 0 Å². The highest BCUT2D eigenvalue weighted by molar-refractivity contribution is 5.98. The fourth-order valence-electron chi connectivity index (χ4n) is 2.80. The predicted molar refractivity (Wildman–Crippen MR) is 90.0 cm³/mol. The van der Waals surface area contributed by atoms with E-state index in [2.05, 4.69) is 5.32 Å². The molecule has 1 amide bonds. The Morgan fingerprint density at radius 3 is 2.83 bits per heavy atom. The highest BCUT2D eigenvalue weighted by Crippen LogP contribution is 2.39. The van der Waals surface area contributed by atoms with Crippen molar-refractivity contribution in [2.45, 2.75) is 32.3 Å². The number of aliphatic hydroxyl groups is 1. The van der Waals surface area contributed by atoms with Gasteiger partial charge in [0.1, 0.15) is 22.8 Å². The maximum absolute atomic E-state index is 12.5. The molecule has 0 bridgehead atoms. The van der Waals surface area contributed by atoms with Gasteiger partial charge in [0.2, 0.25) is 0 Å². The number of nitrogens with one attached hydrogen (secondary N) is 1. The van der Waals surface area contributed by atoms with Gasteiger partial charge in [0.15, 0.2) is 0 Å². The molecule has 24 heavy (non-hydrogen) atoms. The Balaban J connectivity index is 2.00. The van der Waals surface area contributed by atoms with Crippen LogP contribution in [0.4, 0.5) is 0 Å². The van der Waals surface area contributed by atoms with Crippen LogP contribution in [0.25, 0.3) is 5.76 Å². The smallest absolute Gasteiger partial charge is 0.255 e. The molecule has 0 atom stereocenters. The molecule has 1 aliphatic heterocycles. The van der Waals surface area contributed by atoms with Gasteiger partial charge in [0.05, 0.1) is 17.2 Å². The van der Waals surface area contributed by atoms with E-state index in [4.69, 9.17) is 10.00 Å². The van der Waals surface area contributed by atoms with E-state index in [0.717, 1.165) is 12.8 Å². The minimum Gasteiger partial charge on any atom is -0.505 e. The van der Waals surface area contributed by atoms with Crippen LogP contribution in [0.1, 0.15) is 37.8 Å². The number of benzene rings is 1. The third kappa shape index (κ3) is 2.79. The number of allylic oxidation sites excluding steroid dienone is 2. The first kappa shape index (κ1) is 15.9. The molecule has 122 valence electrons. The van der Waals surface area contributed by atoms with Crippen LogP contribution in [-0.2, 0) is 4.79 Å². The number of hydrogen-bond acceptors (Lipinski definition) is 4. The Morgan fingerprint density at radius 1 is 1.38 bits per heavy atom. The van der Waals surface area contributed by atoms with Crippen molar-refractivity contribution in [3.05, 3.63) is 58.8 Å². The standard InChI is InChI=1S/C19H18N2O3/c1-19(2)17(21-18(23)13-6-4-3-5-7-13)16(22)14-10-12(11-20)8-9-15(14)24-19/h4,6-10,22H,3,5H2,1-2H3,(H,21,23). The van der Waals surface area contributed by atoms with Crippen LogP contribution in [0, 0.1) is 11.3 Å². The van der Waals surface area contributed by atoms with Crippen molar-refractivity contribution >= 4 is 11.7 Å². The first-order valence-electron chi connectivity index (χ1n) is 7.77. The Labute approximate surface area is 140 Å². The normalized spacial score (nSPS) is 18.1. The number of carbonyl (C=O) groups is 1. The lowest BCUT2D eigenvalue weighted by Crippen LogP contribution is -2.43. The summed E-state index contributed by atoms with van der Waals surface area (Å²) in [5, 5.41) is 22.5. The molecule has 1 heterocycles. The van der Waals surface area contributed by atoms with Crippen molar-refractivity contribution in [2.75, 3.05) is 0 Å². The molecule has 0 radical (unpaired) electrons. The number of ether oxygens (including phenoxy) is 1. The van der Waals surface area contributed by atoms with E-state index in [1.807, 2.05) is 18.2 Å². The van der Waals surface area contributed by atoms with Crippen LogP contribution in [0.3, 0.4) is 0 Å². The SMILES string of the molecule is CC1(C)Oc2ccc(C#N)cc2C(O)=C1NC(=O)C1=CCCC=C1. The molecule has 2 aliphatic rings. The van der Waals surface area contributed by atoms with Gasteiger partial charge in [-0.15, -0.1) is 0 Å². The van der Waals surface area contributed by atoms with E-state index in [9.17, 15) is 9.90 Å². The summed E-state index contributed by atoms with van der Waals surface area (Å²) in [7, 11) is 0. The first-order chi connectivity index (χ1) is 11.4. The van der Waals surface area contributed by atoms with Gasteiger partial charge in [-0.3, -0.25) is 4.79 Å². The summed E-state index contributed by atoms with van der Waals surface area (Å²) >= 11 is 0. The van der Waals surface area contributed by atoms with Gasteiger partial charge in [-0.25, -0.2) is 0 Å². The topological polar surface area (TPSA) is 82.3 Å². The Kier molecular flexibility index (Phi) is 3.90. The Morgan fingerprint density at radius 2 is 2.17 bits per heavy atom. The molecule has 1 aliphatic carbocycles. The number of nitrogens with zero attached hydrogens (tertiary/aromatic N) is 1. The Hall–Kier alpha value is -3.00. The van der Waals surface area contributed by atoms with Gasteiger partial charge < -0.3 is 15.2 Å². The largest absolute Gasteiger partial charge is 0.505 e. The molecule has 0 aromatic heterocycles. The van der Waals surface area contributed by atoms with Gasteiger partial charge in [0, 0.05) is 5.57 Å². The van der Waals surface area contributed by atoms with Gasteiger partial charge in [0.25, 0.3) is 5.91 Å². The lowest BCUT2D eigenvalue weighted by molar-refractivity contribution is -0.117. The third-order valence-corrected chi connectivity index (χ3v) is 4.06. The van der Waals surface area contributed by atoms with Crippen molar-refractivity contribution in [1.29, 1.82) is 5.26 Å². The predicted octanol–water partition coefficient (Wildman–Crippen LogP) is 3.35. The number of amides is 1. The van der Waals surface area contributed by atoms with Crippen molar-refractivity contribution in [1.82, 2.24) is 5.32 Å². The molecule has 5 heteroatoms. The summed E-state index contributed by atoms with van der Waals surface area (Å²) < 4.78 is 5.91. The molecule has 3 rings (SSSR count). The average Bonchev–Trinajstić information content (AvgIpc) is 2.58. The minimum absolute atomic E-state index is 0.0768. The maximum Gasteiger partial charge on any atom is 0.255 e. The van der Waals surface area contributed by atoms with Crippen molar-refractivity contribution in [3.8, 4) is 11.8 Å². The number of fused-ring (bicyclic) bond motifs is 1. The van der Waals surface area contributed by atoms with Crippen LogP contribution in [-0.4, -0.2) is 16.6 Å². The van der Waals surface area contributed by atoms with Gasteiger partial charge in [-0.1, -0.05) is 18.2 Å². The maximum atomic E-state index is 12.5. The molecular formula is C19H18N2O3. The lowest BCUT2D eigenvalue weighted by atomic mass is 9.94. The zero-order valence-corrected chi connectivity index (χ0v) is 13.6. The van der Waals surface area contributed by atoms with E-state index in [1.165, 1.54) is 0 Å². The second kappa shape index (κ2) is 5.89. The fourth-order valence-corrected chi connectivity index (χ4v) is 2.80. The fraction of sp³-hybridized carbons (Fsp3) is 0.263. The number of nitriles is 1. The molecule has 0 fully saturated rings. The summed E-state index contributed by atoms with van der Waals surface area (Å²) in [6, 6.07) is 6.86. The molecule has 0 saturated carbocycles. The molecule has 0 saturated heterocycles. The van der Waals surface area contributed by atoms with Gasteiger partial charge in [-0.05, 0) is 44.9 Å². The summed E-state index contributed by atoms with van der Waals surface area (Å²) in [6.45, 7) is 3.54. The monoisotopic (exact) mass is 322 g/mol. The molecule has 1 aromatic carbocycles. The first-order valence-corrected chi connectivity index (χ1v) is 7.77. The van der Waals surface area contributed by atoms with E-state index < -0.39 is 5.60 Å². The summed E-state index contributed by atoms with van der Waals surface area (Å²) in [4.78, 5) is 12.5. The van der Waals surface area contributed by atoms with Crippen LogP contribution in [0.15, 0.2) is 47.7 Å². The Bertz CT molecular complexity index is 839. The van der Waals surface area contributed by atoms with Crippen LogP contribution < -0.4 is 10.1 Å². The molecule has 0 spiro atoms. The van der Waals surface area contributed by atoms with Gasteiger partial charge in [-0.2, -0.15) is 5.26 Å². The highest BCUT2D eigenvalue weighted by Gasteiger charge is 2.37. The molecule has 0 unspecified atom stereocenters. The second-order valence-corrected chi connectivity index (χ2v) is 6.25. The average molecular weight is 322 g/mol. The number of aliphatic hydroxyl groups excluding tert-OH is 1. The van der Waals surface area contributed by atoms with Gasteiger partial charge >= 0.3 is 0 Å². The molecular weight excluding hydrogens is 304 g/mol. The second-order valence-electron chi connectivity index (χ2n) is 6.25. The number of carbonyl (C=O) groups excluding carboxylic acids is 1.